The van der Waals surface area contributed by atoms with Crippen LogP contribution in [-0.4, -0.2) is 44.8 Å². The van der Waals surface area contributed by atoms with E-state index in [0.29, 0.717) is 5.41 Å². The van der Waals surface area contributed by atoms with Crippen LogP contribution in [0.4, 0.5) is 0 Å². The molecule has 3 heteroatoms. The molecule has 1 saturated carbocycles. The summed E-state index contributed by atoms with van der Waals surface area (Å²) < 4.78 is 5.19. The Labute approximate surface area is 107 Å². The van der Waals surface area contributed by atoms with Gasteiger partial charge < -0.3 is 15.4 Å². The van der Waals surface area contributed by atoms with Gasteiger partial charge in [-0.25, -0.2) is 0 Å². The molecule has 3 nitrogen and oxygen atoms in total. The van der Waals surface area contributed by atoms with Gasteiger partial charge in [-0.2, -0.15) is 0 Å². The summed E-state index contributed by atoms with van der Waals surface area (Å²) in [7, 11) is 1.78. The maximum atomic E-state index is 5.91. The van der Waals surface area contributed by atoms with Crippen molar-refractivity contribution in [1.82, 2.24) is 4.90 Å². The van der Waals surface area contributed by atoms with Gasteiger partial charge in [0.05, 0.1) is 6.61 Å². The number of nitrogens with zero attached hydrogens (tertiary/aromatic N) is 1. The Morgan fingerprint density at radius 2 is 2.00 bits per heavy atom. The Morgan fingerprint density at radius 3 is 2.41 bits per heavy atom. The van der Waals surface area contributed by atoms with Crippen LogP contribution in [0.2, 0.25) is 0 Å². The fraction of sp³-hybridized carbons (Fsp3) is 1.00. The largest absolute Gasteiger partial charge is 0.383 e. The van der Waals surface area contributed by atoms with Gasteiger partial charge in [-0.05, 0) is 43.7 Å². The molecule has 0 spiro atoms. The molecule has 0 aromatic heterocycles. The Kier molecular flexibility index (Phi) is 6.45. The highest BCUT2D eigenvalue weighted by molar-refractivity contribution is 4.89. The molecule has 1 rings (SSSR count). The molecule has 1 aliphatic carbocycles. The molecule has 2 N–H and O–H groups in total. The van der Waals surface area contributed by atoms with E-state index in [2.05, 4.69) is 18.7 Å². The predicted octanol–water partition coefficient (Wildman–Crippen LogP) is 2.11. The van der Waals surface area contributed by atoms with Crippen LogP contribution in [0.15, 0.2) is 0 Å². The van der Waals surface area contributed by atoms with Crippen molar-refractivity contribution in [3.05, 3.63) is 0 Å². The summed E-state index contributed by atoms with van der Waals surface area (Å²) in [6.07, 6.45) is 5.31. The molecule has 17 heavy (non-hydrogen) atoms. The van der Waals surface area contributed by atoms with Crippen molar-refractivity contribution in [2.45, 2.75) is 39.5 Å². The second kappa shape index (κ2) is 7.34. The SMILES string of the molecule is COCCN(CCC1(CN)CCC1)CC(C)C. The number of methoxy groups -OCH3 is 1. The highest BCUT2D eigenvalue weighted by Crippen LogP contribution is 2.42. The van der Waals surface area contributed by atoms with E-state index in [0.717, 1.165) is 25.6 Å². The van der Waals surface area contributed by atoms with Gasteiger partial charge in [0, 0.05) is 20.2 Å². The van der Waals surface area contributed by atoms with Crippen molar-refractivity contribution < 1.29 is 4.74 Å². The van der Waals surface area contributed by atoms with Crippen molar-refractivity contribution in [3.63, 3.8) is 0 Å². The first-order valence-corrected chi connectivity index (χ1v) is 7.03. The normalized spacial score (nSPS) is 18.7. The van der Waals surface area contributed by atoms with E-state index < -0.39 is 0 Å². The van der Waals surface area contributed by atoms with Gasteiger partial charge in [-0.1, -0.05) is 20.3 Å². The molecule has 0 amide bonds. The minimum atomic E-state index is 0.475. The summed E-state index contributed by atoms with van der Waals surface area (Å²) in [6.45, 7) is 9.66. The van der Waals surface area contributed by atoms with Crippen LogP contribution < -0.4 is 5.73 Å². The molecule has 0 bridgehead atoms. The number of hydrogen-bond acceptors (Lipinski definition) is 3. The van der Waals surface area contributed by atoms with E-state index in [1.165, 1.54) is 38.8 Å². The first-order valence-electron chi connectivity index (χ1n) is 7.03. The zero-order chi connectivity index (χ0) is 12.7. The molecular weight excluding hydrogens is 212 g/mol. The summed E-state index contributed by atoms with van der Waals surface area (Å²) in [5.41, 5.74) is 6.39. The average molecular weight is 242 g/mol. The standard InChI is InChI=1S/C14H30N2O/c1-13(2)11-16(9-10-17-3)8-7-14(12-15)5-4-6-14/h13H,4-12,15H2,1-3H3. The van der Waals surface area contributed by atoms with Crippen molar-refractivity contribution in [3.8, 4) is 0 Å². The van der Waals surface area contributed by atoms with Gasteiger partial charge in [0.25, 0.3) is 0 Å². The third-order valence-corrected chi connectivity index (χ3v) is 4.04. The van der Waals surface area contributed by atoms with Gasteiger partial charge in [0.2, 0.25) is 0 Å². The van der Waals surface area contributed by atoms with Gasteiger partial charge >= 0.3 is 0 Å². The molecule has 0 saturated heterocycles. The summed E-state index contributed by atoms with van der Waals surface area (Å²) in [5.74, 6) is 0.724. The van der Waals surface area contributed by atoms with Crippen molar-refractivity contribution in [2.24, 2.45) is 17.1 Å². The average Bonchev–Trinajstić information content (AvgIpc) is 2.24. The van der Waals surface area contributed by atoms with E-state index in [9.17, 15) is 0 Å². The van der Waals surface area contributed by atoms with Crippen molar-refractivity contribution >= 4 is 0 Å². The topological polar surface area (TPSA) is 38.5 Å². The maximum Gasteiger partial charge on any atom is 0.0589 e. The highest BCUT2D eigenvalue weighted by Gasteiger charge is 2.35. The van der Waals surface area contributed by atoms with Gasteiger partial charge in [-0.15, -0.1) is 0 Å². The minimum Gasteiger partial charge on any atom is -0.383 e. The van der Waals surface area contributed by atoms with Crippen LogP contribution in [0.25, 0.3) is 0 Å². The lowest BCUT2D eigenvalue weighted by molar-refractivity contribution is 0.0875. The molecular formula is C14H30N2O. The summed E-state index contributed by atoms with van der Waals surface area (Å²) in [5, 5.41) is 0. The third-order valence-electron chi connectivity index (χ3n) is 4.04. The molecule has 0 unspecified atom stereocenters. The maximum absolute atomic E-state index is 5.91. The van der Waals surface area contributed by atoms with Crippen LogP contribution in [0.1, 0.15) is 39.5 Å². The zero-order valence-electron chi connectivity index (χ0n) is 11.9. The van der Waals surface area contributed by atoms with Crippen LogP contribution in [-0.2, 0) is 4.74 Å². The lowest BCUT2D eigenvalue weighted by Crippen LogP contribution is -2.41. The molecule has 102 valence electrons. The lowest BCUT2D eigenvalue weighted by Gasteiger charge is -2.42. The number of ether oxygens (including phenoxy) is 1. The predicted molar refractivity (Wildman–Crippen MR) is 73.1 cm³/mol. The monoisotopic (exact) mass is 242 g/mol. The molecule has 0 radical (unpaired) electrons. The summed E-state index contributed by atoms with van der Waals surface area (Å²) in [6, 6.07) is 0. The quantitative estimate of drug-likeness (QED) is 0.673. The number of hydrogen-bond donors (Lipinski definition) is 1. The Hall–Kier alpha value is -0.120. The highest BCUT2D eigenvalue weighted by atomic mass is 16.5. The lowest BCUT2D eigenvalue weighted by atomic mass is 9.66. The Bertz CT molecular complexity index is 197. The molecule has 0 heterocycles. The molecule has 1 aliphatic rings. The van der Waals surface area contributed by atoms with Crippen molar-refractivity contribution in [1.29, 1.82) is 0 Å². The van der Waals surface area contributed by atoms with Crippen LogP contribution in [0.5, 0.6) is 0 Å². The fourth-order valence-electron chi connectivity index (χ4n) is 2.66. The van der Waals surface area contributed by atoms with Crippen molar-refractivity contribution in [2.75, 3.05) is 39.9 Å². The number of nitrogens with two attached hydrogens (primary N) is 1. The number of rotatable bonds is 9. The minimum absolute atomic E-state index is 0.475. The van der Waals surface area contributed by atoms with Crippen LogP contribution in [0, 0.1) is 11.3 Å². The Morgan fingerprint density at radius 1 is 1.29 bits per heavy atom. The molecule has 0 aromatic rings. The molecule has 1 fully saturated rings. The molecule has 0 aromatic carbocycles. The van der Waals surface area contributed by atoms with E-state index in [4.69, 9.17) is 10.5 Å². The van der Waals surface area contributed by atoms with E-state index in [1.54, 1.807) is 7.11 Å². The molecule has 0 aliphatic heterocycles. The second-order valence-corrected chi connectivity index (χ2v) is 5.99. The summed E-state index contributed by atoms with van der Waals surface area (Å²) >= 11 is 0. The Balaban J connectivity index is 2.31. The van der Waals surface area contributed by atoms with Crippen LogP contribution >= 0.6 is 0 Å². The molecule has 0 atom stereocenters. The van der Waals surface area contributed by atoms with Gasteiger partial charge in [0.1, 0.15) is 0 Å². The zero-order valence-corrected chi connectivity index (χ0v) is 11.9. The van der Waals surface area contributed by atoms with Gasteiger partial charge in [0.15, 0.2) is 0 Å². The first kappa shape index (κ1) is 14.9. The first-order chi connectivity index (χ1) is 8.12. The van der Waals surface area contributed by atoms with Crippen LogP contribution in [0.3, 0.4) is 0 Å². The van der Waals surface area contributed by atoms with Gasteiger partial charge in [-0.3, -0.25) is 0 Å². The third kappa shape index (κ3) is 4.94. The smallest absolute Gasteiger partial charge is 0.0589 e. The summed E-state index contributed by atoms with van der Waals surface area (Å²) in [4.78, 5) is 2.53. The fourth-order valence-corrected chi connectivity index (χ4v) is 2.66. The van der Waals surface area contributed by atoms with E-state index in [1.807, 2.05) is 0 Å². The second-order valence-electron chi connectivity index (χ2n) is 5.99. The van der Waals surface area contributed by atoms with E-state index >= 15 is 0 Å². The van der Waals surface area contributed by atoms with E-state index in [-0.39, 0.29) is 0 Å².